The molecule has 18 heavy (non-hydrogen) atoms. The lowest BCUT2D eigenvalue weighted by molar-refractivity contribution is 0.0987. The van der Waals surface area contributed by atoms with E-state index < -0.39 is 0 Å². The van der Waals surface area contributed by atoms with Gasteiger partial charge in [0.2, 0.25) is 0 Å². The van der Waals surface area contributed by atoms with Crippen LogP contribution in [0.2, 0.25) is 0 Å². The van der Waals surface area contributed by atoms with E-state index in [-0.39, 0.29) is 5.78 Å². The highest BCUT2D eigenvalue weighted by Gasteiger charge is 2.16. The van der Waals surface area contributed by atoms with Crippen LogP contribution >= 0.6 is 0 Å². The molecule has 0 N–H and O–H groups in total. The number of hydrogen-bond donors (Lipinski definition) is 0. The van der Waals surface area contributed by atoms with Crippen molar-refractivity contribution in [1.29, 1.82) is 0 Å². The molecule has 0 aromatic carbocycles. The fraction of sp³-hybridized carbons (Fsp3) is 0.571. The summed E-state index contributed by atoms with van der Waals surface area (Å²) >= 11 is 0. The Kier molecular flexibility index (Phi) is 3.97. The van der Waals surface area contributed by atoms with Gasteiger partial charge in [0, 0.05) is 44.4 Å². The quantitative estimate of drug-likeness (QED) is 0.762. The largest absolute Gasteiger partial charge is 0.354 e. The summed E-state index contributed by atoms with van der Waals surface area (Å²) < 4.78 is 0. The van der Waals surface area contributed by atoms with Crippen LogP contribution in [0.25, 0.3) is 0 Å². The van der Waals surface area contributed by atoms with Crippen LogP contribution < -0.4 is 4.90 Å². The third-order valence-corrected chi connectivity index (χ3v) is 3.55. The summed E-state index contributed by atoms with van der Waals surface area (Å²) in [5, 5.41) is 0. The molecule has 0 aliphatic carbocycles. The van der Waals surface area contributed by atoms with E-state index in [9.17, 15) is 4.79 Å². The van der Waals surface area contributed by atoms with E-state index in [4.69, 9.17) is 0 Å². The molecule has 1 saturated heterocycles. The molecule has 4 heteroatoms. The normalized spacial score (nSPS) is 16.9. The number of hydrogen-bond acceptors (Lipinski definition) is 4. The van der Waals surface area contributed by atoms with E-state index >= 15 is 0 Å². The van der Waals surface area contributed by atoms with Crippen LogP contribution in [0.5, 0.6) is 0 Å². The highest BCUT2D eigenvalue weighted by molar-refractivity contribution is 5.97. The van der Waals surface area contributed by atoms with E-state index in [0.717, 1.165) is 43.1 Å². The van der Waals surface area contributed by atoms with Crippen molar-refractivity contribution in [2.45, 2.75) is 20.3 Å². The maximum absolute atomic E-state index is 11.7. The highest BCUT2D eigenvalue weighted by Crippen LogP contribution is 2.18. The zero-order valence-corrected chi connectivity index (χ0v) is 11.4. The van der Waals surface area contributed by atoms with Crippen molar-refractivity contribution in [2.24, 2.45) is 0 Å². The van der Waals surface area contributed by atoms with Crippen molar-refractivity contribution in [3.05, 3.63) is 23.4 Å². The summed E-state index contributed by atoms with van der Waals surface area (Å²) in [6.45, 7) is 8.01. The van der Waals surface area contributed by atoms with Crippen LogP contribution in [0, 0.1) is 6.92 Å². The Balaban J connectivity index is 2.16. The SMILES string of the molecule is CCC(=O)c1cnc(N2CCN(C)CC2)cc1C. The predicted octanol–water partition coefficient (Wildman–Crippen LogP) is 1.73. The molecule has 1 aromatic heterocycles. The van der Waals surface area contributed by atoms with E-state index in [1.165, 1.54) is 0 Å². The van der Waals surface area contributed by atoms with Gasteiger partial charge in [0.15, 0.2) is 5.78 Å². The minimum absolute atomic E-state index is 0.171. The minimum Gasteiger partial charge on any atom is -0.354 e. The van der Waals surface area contributed by atoms with Crippen LogP contribution in [-0.2, 0) is 0 Å². The number of anilines is 1. The van der Waals surface area contributed by atoms with Crippen molar-refractivity contribution in [3.8, 4) is 0 Å². The molecule has 1 aliphatic rings. The first-order valence-electron chi connectivity index (χ1n) is 6.55. The summed E-state index contributed by atoms with van der Waals surface area (Å²) in [7, 11) is 2.14. The van der Waals surface area contributed by atoms with Crippen molar-refractivity contribution < 1.29 is 4.79 Å². The molecular formula is C14H21N3O. The Labute approximate surface area is 109 Å². The Morgan fingerprint density at radius 1 is 1.33 bits per heavy atom. The Hall–Kier alpha value is -1.42. The predicted molar refractivity (Wildman–Crippen MR) is 73.3 cm³/mol. The number of rotatable bonds is 3. The Bertz CT molecular complexity index is 437. The minimum atomic E-state index is 0.171. The monoisotopic (exact) mass is 247 g/mol. The van der Waals surface area contributed by atoms with Gasteiger partial charge in [0.05, 0.1) is 0 Å². The summed E-state index contributed by atoms with van der Waals surface area (Å²) in [6.07, 6.45) is 2.27. The number of piperazine rings is 1. The Morgan fingerprint density at radius 2 is 2.00 bits per heavy atom. The first-order valence-corrected chi connectivity index (χ1v) is 6.55. The van der Waals surface area contributed by atoms with Gasteiger partial charge in [-0.1, -0.05) is 6.92 Å². The molecule has 0 amide bonds. The summed E-state index contributed by atoms with van der Waals surface area (Å²) in [5.74, 6) is 1.16. The molecule has 1 aliphatic heterocycles. The van der Waals surface area contributed by atoms with Gasteiger partial charge in [0.25, 0.3) is 0 Å². The molecule has 2 heterocycles. The topological polar surface area (TPSA) is 36.4 Å². The third-order valence-electron chi connectivity index (χ3n) is 3.55. The molecule has 4 nitrogen and oxygen atoms in total. The number of pyridine rings is 1. The fourth-order valence-electron chi connectivity index (χ4n) is 2.23. The standard InChI is InChI=1S/C14H21N3O/c1-4-13(18)12-10-15-14(9-11(12)2)17-7-5-16(3)6-8-17/h9-10H,4-8H2,1-3H3. The maximum Gasteiger partial charge on any atom is 0.164 e. The zero-order chi connectivity index (χ0) is 13.1. The Morgan fingerprint density at radius 3 is 2.56 bits per heavy atom. The molecule has 1 aromatic rings. The van der Waals surface area contributed by atoms with Crippen LogP contribution in [0.3, 0.4) is 0 Å². The molecule has 0 radical (unpaired) electrons. The number of likely N-dealkylation sites (N-methyl/N-ethyl adjacent to an activating group) is 1. The van der Waals surface area contributed by atoms with E-state index in [0.29, 0.717) is 6.42 Å². The van der Waals surface area contributed by atoms with Gasteiger partial charge in [-0.15, -0.1) is 0 Å². The molecule has 0 saturated carbocycles. The van der Waals surface area contributed by atoms with Gasteiger partial charge >= 0.3 is 0 Å². The summed E-state index contributed by atoms with van der Waals surface area (Å²) in [4.78, 5) is 20.8. The molecule has 0 spiro atoms. The smallest absolute Gasteiger partial charge is 0.164 e. The lowest BCUT2D eigenvalue weighted by atomic mass is 10.1. The van der Waals surface area contributed by atoms with Crippen molar-refractivity contribution in [1.82, 2.24) is 9.88 Å². The van der Waals surface area contributed by atoms with Gasteiger partial charge in [-0.3, -0.25) is 4.79 Å². The van der Waals surface area contributed by atoms with Gasteiger partial charge in [-0.25, -0.2) is 4.98 Å². The first-order chi connectivity index (χ1) is 8.61. The molecular weight excluding hydrogens is 226 g/mol. The van der Waals surface area contributed by atoms with Crippen molar-refractivity contribution in [3.63, 3.8) is 0 Å². The maximum atomic E-state index is 11.7. The van der Waals surface area contributed by atoms with Gasteiger partial charge in [0.1, 0.15) is 5.82 Å². The molecule has 2 rings (SSSR count). The number of Topliss-reactive ketones (excluding diaryl/α,β-unsaturated/α-hetero) is 1. The van der Waals surface area contributed by atoms with Gasteiger partial charge < -0.3 is 9.80 Å². The number of ketones is 1. The average molecular weight is 247 g/mol. The number of aromatic nitrogens is 1. The zero-order valence-electron chi connectivity index (χ0n) is 11.4. The second-order valence-electron chi connectivity index (χ2n) is 4.92. The lowest BCUT2D eigenvalue weighted by Gasteiger charge is -2.33. The van der Waals surface area contributed by atoms with E-state index in [2.05, 4.69) is 21.8 Å². The second-order valence-corrected chi connectivity index (χ2v) is 4.92. The van der Waals surface area contributed by atoms with Crippen LogP contribution in [0.4, 0.5) is 5.82 Å². The molecule has 0 unspecified atom stereocenters. The molecule has 0 bridgehead atoms. The number of carbonyl (C=O) groups is 1. The van der Waals surface area contributed by atoms with Crippen LogP contribution in [0.1, 0.15) is 29.3 Å². The number of carbonyl (C=O) groups excluding carboxylic acids is 1. The van der Waals surface area contributed by atoms with E-state index in [1.54, 1.807) is 6.20 Å². The summed E-state index contributed by atoms with van der Waals surface area (Å²) in [6, 6.07) is 2.04. The van der Waals surface area contributed by atoms with Crippen LogP contribution in [0.15, 0.2) is 12.3 Å². The second kappa shape index (κ2) is 5.48. The molecule has 98 valence electrons. The number of aryl methyl sites for hydroxylation is 1. The van der Waals surface area contributed by atoms with Crippen molar-refractivity contribution >= 4 is 11.6 Å². The molecule has 0 atom stereocenters. The third kappa shape index (κ3) is 2.70. The fourth-order valence-corrected chi connectivity index (χ4v) is 2.23. The van der Waals surface area contributed by atoms with E-state index in [1.807, 2.05) is 19.9 Å². The van der Waals surface area contributed by atoms with Gasteiger partial charge in [-0.05, 0) is 25.6 Å². The van der Waals surface area contributed by atoms with Crippen LogP contribution in [-0.4, -0.2) is 48.9 Å². The number of nitrogens with zero attached hydrogens (tertiary/aromatic N) is 3. The van der Waals surface area contributed by atoms with Crippen molar-refractivity contribution in [2.75, 3.05) is 38.1 Å². The molecule has 1 fully saturated rings. The average Bonchev–Trinajstić information content (AvgIpc) is 2.38. The first kappa shape index (κ1) is 13.0. The van der Waals surface area contributed by atoms with Gasteiger partial charge in [-0.2, -0.15) is 0 Å². The summed E-state index contributed by atoms with van der Waals surface area (Å²) in [5.41, 5.74) is 1.79. The lowest BCUT2D eigenvalue weighted by Crippen LogP contribution is -2.44. The highest BCUT2D eigenvalue weighted by atomic mass is 16.1.